The number of likely N-dealkylation sites (N-methyl/N-ethyl adjacent to an activating group) is 1. The third kappa shape index (κ3) is 4.65. The maximum Gasteiger partial charge on any atom is 0.187 e. The summed E-state index contributed by atoms with van der Waals surface area (Å²) in [7, 11) is -1.77. The fourth-order valence-electron chi connectivity index (χ4n) is 4.14. The number of benzene rings is 1. The summed E-state index contributed by atoms with van der Waals surface area (Å²) in [4.78, 5) is 5.94. The van der Waals surface area contributed by atoms with Crippen molar-refractivity contribution in [1.82, 2.24) is 9.88 Å². The largest absolute Gasteiger partial charge is 0.379 e. The third-order valence-corrected chi connectivity index (χ3v) is 8.86. The van der Waals surface area contributed by atoms with Crippen molar-refractivity contribution >= 4 is 38.5 Å². The van der Waals surface area contributed by atoms with Gasteiger partial charge in [0.1, 0.15) is 21.5 Å². The molecule has 1 aliphatic heterocycles. The van der Waals surface area contributed by atoms with Crippen LogP contribution in [0, 0.1) is 5.82 Å². The van der Waals surface area contributed by atoms with Crippen LogP contribution < -0.4 is 5.32 Å². The average Bonchev–Trinajstić information content (AvgIpc) is 3.15. The minimum Gasteiger partial charge on any atom is -0.379 e. The highest BCUT2D eigenvalue weighted by molar-refractivity contribution is 7.90. The Morgan fingerprint density at radius 2 is 2.10 bits per heavy atom. The average molecular weight is 474 g/mol. The standard InChI is InChI=1S/C20H25ClFN3O3S2/c1-25(13-10-28-11-13)18-5-3-2-4-16(18)24-17-9-15(22)19(8-14(17)21)30(26,27)12-20-23-6-7-29-20/h6-9,13,16,18,24H,2-5,10-12H2,1H3/t16-,18-/m0/s1. The second-order valence-corrected chi connectivity index (χ2v) is 11.3. The number of thiazole rings is 1. The van der Waals surface area contributed by atoms with Crippen molar-refractivity contribution in [1.29, 1.82) is 0 Å². The molecule has 10 heteroatoms. The van der Waals surface area contributed by atoms with E-state index in [1.54, 1.807) is 5.38 Å². The molecule has 2 aliphatic rings. The number of hydrogen-bond donors (Lipinski definition) is 1. The summed E-state index contributed by atoms with van der Waals surface area (Å²) in [5, 5.41) is 5.70. The Bertz CT molecular complexity index is 983. The van der Waals surface area contributed by atoms with Crippen LogP contribution in [0.1, 0.15) is 30.7 Å². The molecule has 2 fully saturated rings. The quantitative estimate of drug-likeness (QED) is 0.656. The molecule has 1 saturated carbocycles. The first-order valence-corrected chi connectivity index (χ1v) is 12.9. The zero-order valence-corrected chi connectivity index (χ0v) is 19.1. The molecule has 1 N–H and O–H groups in total. The molecule has 0 unspecified atom stereocenters. The molecule has 6 nitrogen and oxygen atoms in total. The van der Waals surface area contributed by atoms with Crippen molar-refractivity contribution in [3.05, 3.63) is 39.6 Å². The lowest BCUT2D eigenvalue weighted by molar-refractivity contribution is -0.0748. The van der Waals surface area contributed by atoms with Crippen molar-refractivity contribution in [3.8, 4) is 0 Å². The van der Waals surface area contributed by atoms with Gasteiger partial charge in [-0.2, -0.15) is 0 Å². The van der Waals surface area contributed by atoms with Gasteiger partial charge >= 0.3 is 0 Å². The van der Waals surface area contributed by atoms with Gasteiger partial charge < -0.3 is 10.1 Å². The number of aromatic nitrogens is 1. The lowest BCUT2D eigenvalue weighted by atomic mass is 9.88. The van der Waals surface area contributed by atoms with Crippen LogP contribution in [0.3, 0.4) is 0 Å². The minimum absolute atomic E-state index is 0.110. The number of ether oxygens (including phenoxy) is 1. The van der Waals surface area contributed by atoms with Crippen LogP contribution in [0.25, 0.3) is 0 Å². The molecule has 0 bridgehead atoms. The highest BCUT2D eigenvalue weighted by Crippen LogP contribution is 2.33. The van der Waals surface area contributed by atoms with Crippen LogP contribution in [0.4, 0.5) is 10.1 Å². The predicted octanol–water partition coefficient (Wildman–Crippen LogP) is 3.96. The van der Waals surface area contributed by atoms with Gasteiger partial charge in [-0.05, 0) is 32.0 Å². The number of nitrogens with one attached hydrogen (secondary N) is 1. The maximum absolute atomic E-state index is 14.8. The van der Waals surface area contributed by atoms with Crippen LogP contribution >= 0.6 is 22.9 Å². The normalized spacial score (nSPS) is 22.8. The Labute approximate surface area is 185 Å². The molecule has 4 rings (SSSR count). The van der Waals surface area contributed by atoms with Crippen LogP contribution in [-0.4, -0.2) is 56.7 Å². The van der Waals surface area contributed by atoms with Crippen LogP contribution in [0.5, 0.6) is 0 Å². The molecular formula is C20H25ClFN3O3S2. The zero-order chi connectivity index (χ0) is 21.3. The molecule has 1 aliphatic carbocycles. The lowest BCUT2D eigenvalue weighted by Crippen LogP contribution is -2.57. The molecule has 0 spiro atoms. The summed E-state index contributed by atoms with van der Waals surface area (Å²) in [5.74, 6) is -1.14. The van der Waals surface area contributed by atoms with E-state index in [1.807, 2.05) is 0 Å². The van der Waals surface area contributed by atoms with E-state index in [2.05, 4.69) is 22.2 Å². The van der Waals surface area contributed by atoms with E-state index in [4.69, 9.17) is 16.3 Å². The van der Waals surface area contributed by atoms with Gasteiger partial charge in [0, 0.05) is 23.7 Å². The Morgan fingerprint density at radius 3 is 2.77 bits per heavy atom. The zero-order valence-electron chi connectivity index (χ0n) is 16.7. The summed E-state index contributed by atoms with van der Waals surface area (Å²) in [6.45, 7) is 1.47. The second kappa shape index (κ2) is 9.08. The summed E-state index contributed by atoms with van der Waals surface area (Å²) < 4.78 is 45.5. The number of anilines is 1. The molecule has 2 atom stereocenters. The van der Waals surface area contributed by atoms with E-state index in [-0.39, 0.29) is 16.8 Å². The molecular weight excluding hydrogens is 449 g/mol. The van der Waals surface area contributed by atoms with Gasteiger partial charge in [-0.3, -0.25) is 4.90 Å². The van der Waals surface area contributed by atoms with Crippen LogP contribution in [0.2, 0.25) is 5.02 Å². The van der Waals surface area contributed by atoms with E-state index in [0.29, 0.717) is 22.8 Å². The second-order valence-electron chi connectivity index (χ2n) is 7.91. The fraction of sp³-hybridized carbons (Fsp3) is 0.550. The summed E-state index contributed by atoms with van der Waals surface area (Å²) in [6.07, 6.45) is 5.76. The maximum atomic E-state index is 14.8. The first-order valence-electron chi connectivity index (χ1n) is 10.0. The Morgan fingerprint density at radius 1 is 1.33 bits per heavy atom. The highest BCUT2D eigenvalue weighted by atomic mass is 35.5. The van der Waals surface area contributed by atoms with Crippen molar-refractivity contribution < 1.29 is 17.5 Å². The molecule has 2 aromatic rings. The number of sulfone groups is 1. The first kappa shape index (κ1) is 22.0. The topological polar surface area (TPSA) is 71.5 Å². The van der Waals surface area contributed by atoms with E-state index >= 15 is 0 Å². The molecule has 1 saturated heterocycles. The van der Waals surface area contributed by atoms with Gasteiger partial charge in [-0.25, -0.2) is 17.8 Å². The Hall–Kier alpha value is -1.26. The number of rotatable bonds is 7. The van der Waals surface area contributed by atoms with Gasteiger partial charge in [-0.15, -0.1) is 11.3 Å². The van der Waals surface area contributed by atoms with Gasteiger partial charge in [0.15, 0.2) is 9.84 Å². The van der Waals surface area contributed by atoms with E-state index in [9.17, 15) is 12.8 Å². The van der Waals surface area contributed by atoms with Crippen LogP contribution in [-0.2, 0) is 20.3 Å². The SMILES string of the molecule is CN(C1COC1)[C@H]1CCCC[C@@H]1Nc1cc(F)c(S(=O)(=O)Cc2nccs2)cc1Cl. The molecule has 164 valence electrons. The third-order valence-electron chi connectivity index (χ3n) is 5.94. The van der Waals surface area contributed by atoms with Crippen LogP contribution in [0.15, 0.2) is 28.6 Å². The first-order chi connectivity index (χ1) is 14.3. The Balaban J connectivity index is 1.54. The van der Waals surface area contributed by atoms with Gasteiger partial charge in [0.05, 0.1) is 30.0 Å². The minimum atomic E-state index is -3.88. The van der Waals surface area contributed by atoms with E-state index in [0.717, 1.165) is 38.9 Å². The monoisotopic (exact) mass is 473 g/mol. The van der Waals surface area contributed by atoms with Gasteiger partial charge in [0.25, 0.3) is 0 Å². The molecule has 1 aromatic carbocycles. The van der Waals surface area contributed by atoms with Crippen molar-refractivity contribution in [2.75, 3.05) is 25.6 Å². The highest BCUT2D eigenvalue weighted by Gasteiger charge is 2.35. The molecule has 0 amide bonds. The molecule has 30 heavy (non-hydrogen) atoms. The lowest BCUT2D eigenvalue weighted by Gasteiger charge is -2.45. The molecule has 2 heterocycles. The number of halogens is 2. The van der Waals surface area contributed by atoms with Crippen molar-refractivity contribution in [2.45, 2.75) is 54.5 Å². The molecule has 1 aromatic heterocycles. The fourth-order valence-corrected chi connectivity index (χ4v) is 6.77. The number of nitrogens with zero attached hydrogens (tertiary/aromatic N) is 2. The van der Waals surface area contributed by atoms with Gasteiger partial charge in [-0.1, -0.05) is 24.4 Å². The summed E-state index contributed by atoms with van der Waals surface area (Å²) in [5.41, 5.74) is 0.428. The van der Waals surface area contributed by atoms with Gasteiger partial charge in [0.2, 0.25) is 0 Å². The van der Waals surface area contributed by atoms with E-state index < -0.39 is 20.5 Å². The van der Waals surface area contributed by atoms with Crippen molar-refractivity contribution in [2.24, 2.45) is 0 Å². The predicted molar refractivity (Wildman–Crippen MR) is 116 cm³/mol. The smallest absolute Gasteiger partial charge is 0.187 e. The summed E-state index contributed by atoms with van der Waals surface area (Å²) >= 11 is 7.62. The summed E-state index contributed by atoms with van der Waals surface area (Å²) in [6, 6.07) is 3.22. The molecule has 0 radical (unpaired) electrons. The van der Waals surface area contributed by atoms with Crippen molar-refractivity contribution in [3.63, 3.8) is 0 Å². The number of hydrogen-bond acceptors (Lipinski definition) is 7. The Kier molecular flexibility index (Phi) is 6.64. The van der Waals surface area contributed by atoms with E-state index in [1.165, 1.54) is 29.7 Å².